The molecule has 6 nitrogen and oxygen atoms in total. The summed E-state index contributed by atoms with van der Waals surface area (Å²) in [4.78, 5) is 14.7. The van der Waals surface area contributed by atoms with Crippen LogP contribution in [0.2, 0.25) is 0 Å². The minimum absolute atomic E-state index is 0. The van der Waals surface area contributed by atoms with E-state index in [1.54, 1.807) is 7.11 Å². The van der Waals surface area contributed by atoms with Gasteiger partial charge in [0.1, 0.15) is 5.75 Å². The fourth-order valence-electron chi connectivity index (χ4n) is 3.69. The van der Waals surface area contributed by atoms with Gasteiger partial charge in [0, 0.05) is 44.6 Å². The van der Waals surface area contributed by atoms with Gasteiger partial charge in [0.2, 0.25) is 5.91 Å². The quantitative estimate of drug-likeness (QED) is 0.738. The minimum atomic E-state index is -0.417. The first kappa shape index (κ1) is 23.8. The first-order valence-corrected chi connectivity index (χ1v) is 9.17. The highest BCUT2D eigenvalue weighted by molar-refractivity contribution is 5.85. The summed E-state index contributed by atoms with van der Waals surface area (Å²) in [6.07, 6.45) is 2.83. The summed E-state index contributed by atoms with van der Waals surface area (Å²) in [5.41, 5.74) is 7.31. The Labute approximate surface area is 174 Å². The topological polar surface area (TPSA) is 76.8 Å². The van der Waals surface area contributed by atoms with Gasteiger partial charge in [-0.2, -0.15) is 0 Å². The van der Waals surface area contributed by atoms with Crippen LogP contribution in [-0.2, 0) is 9.53 Å². The van der Waals surface area contributed by atoms with Crippen LogP contribution < -0.4 is 20.7 Å². The molecule has 0 saturated carbocycles. The Morgan fingerprint density at radius 1 is 1.33 bits per heavy atom. The molecule has 2 saturated heterocycles. The molecule has 27 heavy (non-hydrogen) atoms. The summed E-state index contributed by atoms with van der Waals surface area (Å²) < 4.78 is 10.6. The monoisotopic (exact) mass is 419 g/mol. The number of hydrogen-bond acceptors (Lipinski definition) is 5. The van der Waals surface area contributed by atoms with Gasteiger partial charge in [-0.25, -0.2) is 0 Å². The molecule has 1 aromatic rings. The summed E-state index contributed by atoms with van der Waals surface area (Å²) >= 11 is 0. The van der Waals surface area contributed by atoms with Crippen molar-refractivity contribution in [1.82, 2.24) is 5.32 Å². The number of nitrogens with zero attached hydrogens (tertiary/aromatic N) is 1. The van der Waals surface area contributed by atoms with E-state index in [1.807, 2.05) is 12.1 Å². The molecule has 2 aliphatic rings. The lowest BCUT2D eigenvalue weighted by molar-refractivity contribution is -0.124. The molecule has 3 N–H and O–H groups in total. The smallest absolute Gasteiger partial charge is 0.237 e. The maximum absolute atomic E-state index is 12.3. The number of ether oxygens (including phenoxy) is 2. The molecular formula is C19H31Cl2N3O3. The Morgan fingerprint density at radius 3 is 2.78 bits per heavy atom. The van der Waals surface area contributed by atoms with Crippen molar-refractivity contribution in [1.29, 1.82) is 0 Å². The van der Waals surface area contributed by atoms with Crippen LogP contribution in [0.1, 0.15) is 19.3 Å². The maximum atomic E-state index is 12.3. The Kier molecular flexibility index (Phi) is 10.2. The average molecular weight is 420 g/mol. The zero-order valence-corrected chi connectivity index (χ0v) is 17.4. The highest BCUT2D eigenvalue weighted by atomic mass is 35.5. The lowest BCUT2D eigenvalue weighted by Gasteiger charge is -2.27. The van der Waals surface area contributed by atoms with Crippen molar-refractivity contribution in [3.05, 3.63) is 24.3 Å². The second-order valence-electron chi connectivity index (χ2n) is 7.02. The van der Waals surface area contributed by atoms with Gasteiger partial charge >= 0.3 is 0 Å². The number of carbonyl (C=O) groups is 1. The molecule has 2 atom stereocenters. The van der Waals surface area contributed by atoms with Crippen LogP contribution in [0.4, 0.5) is 5.69 Å². The predicted molar refractivity (Wildman–Crippen MR) is 112 cm³/mol. The van der Waals surface area contributed by atoms with Crippen LogP contribution in [0.25, 0.3) is 0 Å². The van der Waals surface area contributed by atoms with Crippen LogP contribution >= 0.6 is 24.8 Å². The number of benzene rings is 1. The van der Waals surface area contributed by atoms with Crippen LogP contribution in [0.3, 0.4) is 0 Å². The van der Waals surface area contributed by atoms with Crippen LogP contribution in [0, 0.1) is 11.8 Å². The lowest BCUT2D eigenvalue weighted by atomic mass is 9.92. The SMILES string of the molecule is COc1cccc(N2CCC(CNC(=O)C(N)C3CCOCC3)C2)c1.Cl.Cl. The highest BCUT2D eigenvalue weighted by Gasteiger charge is 2.28. The molecule has 1 aromatic carbocycles. The van der Waals surface area contributed by atoms with Crippen molar-refractivity contribution < 1.29 is 14.3 Å². The second kappa shape index (κ2) is 11.6. The predicted octanol–water partition coefficient (Wildman–Crippen LogP) is 2.24. The number of amides is 1. The molecule has 0 spiro atoms. The van der Waals surface area contributed by atoms with E-state index >= 15 is 0 Å². The van der Waals surface area contributed by atoms with Crippen molar-refractivity contribution >= 4 is 36.4 Å². The largest absolute Gasteiger partial charge is 0.497 e. The first-order chi connectivity index (χ1) is 12.2. The Morgan fingerprint density at radius 2 is 2.07 bits per heavy atom. The summed E-state index contributed by atoms with van der Waals surface area (Å²) in [6, 6.07) is 7.71. The van der Waals surface area contributed by atoms with E-state index in [0.29, 0.717) is 25.7 Å². The molecule has 154 valence electrons. The van der Waals surface area contributed by atoms with Gasteiger partial charge in [-0.05, 0) is 43.2 Å². The zero-order chi connectivity index (χ0) is 17.6. The number of anilines is 1. The highest BCUT2D eigenvalue weighted by Crippen LogP contribution is 2.26. The Hall–Kier alpha value is -1.21. The number of hydrogen-bond donors (Lipinski definition) is 2. The Balaban J connectivity index is 0.00000182. The van der Waals surface area contributed by atoms with E-state index in [1.165, 1.54) is 5.69 Å². The number of methoxy groups -OCH3 is 1. The number of carbonyl (C=O) groups excluding carboxylic acids is 1. The molecule has 2 heterocycles. The fraction of sp³-hybridized carbons (Fsp3) is 0.632. The third-order valence-electron chi connectivity index (χ3n) is 5.35. The fourth-order valence-corrected chi connectivity index (χ4v) is 3.69. The number of nitrogens with two attached hydrogens (primary N) is 1. The molecule has 0 bridgehead atoms. The van der Waals surface area contributed by atoms with Gasteiger partial charge in [0.15, 0.2) is 0 Å². The summed E-state index contributed by atoms with van der Waals surface area (Å²) in [6.45, 7) is 4.06. The standard InChI is InChI=1S/C19H29N3O3.2ClH/c1-24-17-4-2-3-16(11-17)22-8-5-14(13-22)12-21-19(23)18(20)15-6-9-25-10-7-15;;/h2-4,11,14-15,18H,5-10,12-13,20H2,1H3,(H,21,23);2*1H. The third-order valence-corrected chi connectivity index (χ3v) is 5.35. The Bertz CT molecular complexity index is 585. The van der Waals surface area contributed by atoms with Gasteiger partial charge in [-0.1, -0.05) is 6.07 Å². The number of halogens is 2. The molecule has 0 aliphatic carbocycles. The van der Waals surface area contributed by atoms with Crippen molar-refractivity contribution in [2.24, 2.45) is 17.6 Å². The van der Waals surface area contributed by atoms with Crippen molar-refractivity contribution in [2.75, 3.05) is 44.9 Å². The van der Waals surface area contributed by atoms with E-state index in [9.17, 15) is 4.79 Å². The van der Waals surface area contributed by atoms with Crippen LogP contribution in [-0.4, -0.2) is 51.9 Å². The van der Waals surface area contributed by atoms with Gasteiger partial charge in [0.25, 0.3) is 0 Å². The van der Waals surface area contributed by atoms with E-state index < -0.39 is 6.04 Å². The molecule has 8 heteroatoms. The molecule has 2 unspecified atom stereocenters. The molecule has 3 rings (SSSR count). The summed E-state index contributed by atoms with van der Waals surface area (Å²) in [5, 5.41) is 3.06. The van der Waals surface area contributed by atoms with E-state index in [4.69, 9.17) is 15.2 Å². The van der Waals surface area contributed by atoms with Gasteiger partial charge in [-0.15, -0.1) is 24.8 Å². The average Bonchev–Trinajstić information content (AvgIpc) is 3.15. The van der Waals surface area contributed by atoms with Crippen LogP contribution in [0.5, 0.6) is 5.75 Å². The maximum Gasteiger partial charge on any atom is 0.237 e. The molecule has 2 aliphatic heterocycles. The van der Waals surface area contributed by atoms with E-state index in [0.717, 1.165) is 38.1 Å². The molecule has 1 amide bonds. The van der Waals surface area contributed by atoms with Gasteiger partial charge in [0.05, 0.1) is 13.2 Å². The minimum Gasteiger partial charge on any atom is -0.497 e. The molecular weight excluding hydrogens is 389 g/mol. The van der Waals surface area contributed by atoms with E-state index in [2.05, 4.69) is 22.3 Å². The summed E-state index contributed by atoms with van der Waals surface area (Å²) in [7, 11) is 1.68. The van der Waals surface area contributed by atoms with Crippen molar-refractivity contribution in [3.8, 4) is 5.75 Å². The number of nitrogens with one attached hydrogen (secondary N) is 1. The molecule has 2 fully saturated rings. The number of rotatable bonds is 6. The molecule has 0 aromatic heterocycles. The van der Waals surface area contributed by atoms with E-state index in [-0.39, 0.29) is 36.6 Å². The first-order valence-electron chi connectivity index (χ1n) is 9.17. The lowest BCUT2D eigenvalue weighted by Crippen LogP contribution is -2.48. The summed E-state index contributed by atoms with van der Waals surface area (Å²) in [5.74, 6) is 1.55. The van der Waals surface area contributed by atoms with Crippen molar-refractivity contribution in [3.63, 3.8) is 0 Å². The zero-order valence-electron chi connectivity index (χ0n) is 15.8. The molecule has 0 radical (unpaired) electrons. The van der Waals surface area contributed by atoms with Gasteiger partial charge in [-0.3, -0.25) is 4.79 Å². The third kappa shape index (κ3) is 6.42. The normalized spacial score (nSPS) is 21.0. The van der Waals surface area contributed by atoms with Crippen LogP contribution in [0.15, 0.2) is 24.3 Å². The van der Waals surface area contributed by atoms with Gasteiger partial charge < -0.3 is 25.4 Å². The second-order valence-corrected chi connectivity index (χ2v) is 7.02. The van der Waals surface area contributed by atoms with Crippen molar-refractivity contribution in [2.45, 2.75) is 25.3 Å².